The number of amides is 1. The number of imidazole rings is 1. The molecule has 0 unspecified atom stereocenters. The van der Waals surface area contributed by atoms with E-state index in [1.54, 1.807) is 7.11 Å². The third kappa shape index (κ3) is 3.17. The Morgan fingerprint density at radius 1 is 1.17 bits per heavy atom. The Kier molecular flexibility index (Phi) is 4.51. The highest BCUT2D eigenvalue weighted by Gasteiger charge is 2.41. The summed E-state index contributed by atoms with van der Waals surface area (Å²) >= 11 is 0. The van der Waals surface area contributed by atoms with Crippen LogP contribution in [0.15, 0.2) is 48.7 Å². The Hall–Kier alpha value is -2.86. The number of likely N-dealkylation sites (tertiary alicyclic amines) is 2. The Morgan fingerprint density at radius 2 is 2.00 bits per heavy atom. The molecule has 5 rings (SSSR count). The van der Waals surface area contributed by atoms with Gasteiger partial charge in [0, 0.05) is 44.4 Å². The van der Waals surface area contributed by atoms with Gasteiger partial charge in [-0.2, -0.15) is 0 Å². The maximum absolute atomic E-state index is 12.1. The van der Waals surface area contributed by atoms with Crippen molar-refractivity contribution >= 4 is 11.6 Å². The molecular weight excluding hydrogens is 364 g/mol. The highest BCUT2D eigenvalue weighted by Crippen LogP contribution is 2.33. The van der Waals surface area contributed by atoms with E-state index < -0.39 is 0 Å². The quantitative estimate of drug-likeness (QED) is 0.687. The summed E-state index contributed by atoms with van der Waals surface area (Å²) in [7, 11) is 3.63. The van der Waals surface area contributed by atoms with Crippen LogP contribution in [0, 0.1) is 5.92 Å². The van der Waals surface area contributed by atoms with Gasteiger partial charge in [-0.05, 0) is 55.3 Å². The molecular formula is C23H26N4O2. The van der Waals surface area contributed by atoms with E-state index in [4.69, 9.17) is 9.72 Å². The Morgan fingerprint density at radius 3 is 2.79 bits per heavy atom. The molecule has 2 aliphatic heterocycles. The average molecular weight is 390 g/mol. The summed E-state index contributed by atoms with van der Waals surface area (Å²) in [4.78, 5) is 21.5. The van der Waals surface area contributed by atoms with Gasteiger partial charge in [-0.1, -0.05) is 6.07 Å². The predicted octanol–water partition coefficient (Wildman–Crippen LogP) is 3.06. The lowest BCUT2D eigenvalue weighted by atomic mass is 9.92. The van der Waals surface area contributed by atoms with Crippen LogP contribution in [0.1, 0.15) is 18.5 Å². The Labute approximate surface area is 170 Å². The van der Waals surface area contributed by atoms with Crippen LogP contribution in [-0.4, -0.2) is 58.4 Å². The minimum absolute atomic E-state index is 0.288. The normalized spacial score (nSPS) is 22.3. The van der Waals surface area contributed by atoms with Crippen molar-refractivity contribution in [2.75, 3.05) is 27.2 Å². The smallest absolute Gasteiger partial charge is 0.222 e. The molecule has 0 aliphatic carbocycles. The fraction of sp³-hybridized carbons (Fsp3) is 0.391. The van der Waals surface area contributed by atoms with E-state index in [2.05, 4.69) is 27.6 Å². The Balaban J connectivity index is 1.48. The molecule has 0 N–H and O–H groups in total. The van der Waals surface area contributed by atoms with Gasteiger partial charge in [-0.25, -0.2) is 4.98 Å². The molecule has 1 aromatic carbocycles. The van der Waals surface area contributed by atoms with Crippen molar-refractivity contribution in [2.45, 2.75) is 25.4 Å². The number of carbonyl (C=O) groups is 1. The highest BCUT2D eigenvalue weighted by atomic mass is 16.5. The number of ether oxygens (including phenoxy) is 1. The van der Waals surface area contributed by atoms with Gasteiger partial charge in [0.2, 0.25) is 5.91 Å². The van der Waals surface area contributed by atoms with Crippen molar-refractivity contribution in [1.29, 1.82) is 0 Å². The summed E-state index contributed by atoms with van der Waals surface area (Å²) < 4.78 is 7.50. The number of hydrogen-bond donors (Lipinski definition) is 0. The summed E-state index contributed by atoms with van der Waals surface area (Å²) in [5.41, 5.74) is 4.25. The maximum atomic E-state index is 12.1. The topological polar surface area (TPSA) is 50.1 Å². The van der Waals surface area contributed by atoms with Gasteiger partial charge in [-0.15, -0.1) is 0 Å². The molecule has 2 saturated heterocycles. The first-order valence-electron chi connectivity index (χ1n) is 10.2. The van der Waals surface area contributed by atoms with Gasteiger partial charge in [0.25, 0.3) is 0 Å². The standard InChI is InChI=1S/C23H26N4O2/c1-25-19-14-26(12-10-17(19)13-22(25)28)15-20-23(16-6-8-18(29-2)9-7-16)24-21-5-3-4-11-27(20)21/h3-9,11,17,19H,10,12-15H2,1-2H3/t17-,19-/m1/s1. The molecule has 2 atom stereocenters. The predicted molar refractivity (Wildman–Crippen MR) is 112 cm³/mol. The van der Waals surface area contributed by atoms with Gasteiger partial charge >= 0.3 is 0 Å². The summed E-state index contributed by atoms with van der Waals surface area (Å²) in [6.45, 7) is 2.76. The van der Waals surface area contributed by atoms with E-state index in [0.717, 1.165) is 48.7 Å². The average Bonchev–Trinajstić information content (AvgIpc) is 3.26. The zero-order valence-electron chi connectivity index (χ0n) is 16.9. The highest BCUT2D eigenvalue weighted by molar-refractivity contribution is 5.79. The van der Waals surface area contributed by atoms with Gasteiger partial charge in [0.05, 0.1) is 18.5 Å². The summed E-state index contributed by atoms with van der Waals surface area (Å²) in [5.74, 6) is 1.64. The van der Waals surface area contributed by atoms with Gasteiger partial charge in [-0.3, -0.25) is 9.69 Å². The molecule has 150 valence electrons. The number of piperidine rings is 1. The van der Waals surface area contributed by atoms with Gasteiger partial charge in [0.15, 0.2) is 0 Å². The van der Waals surface area contributed by atoms with Crippen LogP contribution >= 0.6 is 0 Å². The maximum Gasteiger partial charge on any atom is 0.222 e. The van der Waals surface area contributed by atoms with Crippen molar-refractivity contribution < 1.29 is 9.53 Å². The summed E-state index contributed by atoms with van der Waals surface area (Å²) in [5, 5.41) is 0. The first-order chi connectivity index (χ1) is 14.1. The second-order valence-corrected chi connectivity index (χ2v) is 8.12. The number of rotatable bonds is 4. The lowest BCUT2D eigenvalue weighted by Gasteiger charge is -2.37. The first kappa shape index (κ1) is 18.2. The van der Waals surface area contributed by atoms with E-state index in [9.17, 15) is 4.79 Å². The molecule has 2 aromatic heterocycles. The molecule has 0 bridgehead atoms. The van der Waals surface area contributed by atoms with E-state index in [1.165, 1.54) is 5.69 Å². The van der Waals surface area contributed by atoms with Crippen molar-refractivity contribution in [3.63, 3.8) is 0 Å². The molecule has 0 radical (unpaired) electrons. The zero-order chi connectivity index (χ0) is 20.0. The fourth-order valence-electron chi connectivity index (χ4n) is 4.81. The molecule has 29 heavy (non-hydrogen) atoms. The van der Waals surface area contributed by atoms with E-state index in [0.29, 0.717) is 18.4 Å². The van der Waals surface area contributed by atoms with Crippen molar-refractivity contribution in [1.82, 2.24) is 19.2 Å². The fourth-order valence-corrected chi connectivity index (χ4v) is 4.81. The molecule has 2 fully saturated rings. The first-order valence-corrected chi connectivity index (χ1v) is 10.2. The second kappa shape index (κ2) is 7.19. The number of methoxy groups -OCH3 is 1. The molecule has 4 heterocycles. The summed E-state index contributed by atoms with van der Waals surface area (Å²) in [6.07, 6.45) is 3.87. The number of fused-ring (bicyclic) bond motifs is 2. The number of carbonyl (C=O) groups excluding carboxylic acids is 1. The summed E-state index contributed by atoms with van der Waals surface area (Å²) in [6, 6.07) is 14.5. The molecule has 2 aliphatic rings. The molecule has 6 heteroatoms. The van der Waals surface area contributed by atoms with Crippen molar-refractivity contribution in [3.8, 4) is 17.0 Å². The lowest BCUT2D eigenvalue weighted by Crippen LogP contribution is -2.47. The van der Waals surface area contributed by atoms with Crippen molar-refractivity contribution in [3.05, 3.63) is 54.4 Å². The van der Waals surface area contributed by atoms with Crippen LogP contribution < -0.4 is 4.74 Å². The molecule has 3 aromatic rings. The van der Waals surface area contributed by atoms with Crippen LogP contribution in [0.5, 0.6) is 5.75 Å². The number of hydrogen-bond acceptors (Lipinski definition) is 4. The number of likely N-dealkylation sites (N-methyl/N-ethyl adjacent to an activating group) is 1. The largest absolute Gasteiger partial charge is 0.497 e. The second-order valence-electron chi connectivity index (χ2n) is 8.12. The van der Waals surface area contributed by atoms with Gasteiger partial charge in [0.1, 0.15) is 11.4 Å². The Bertz CT molecular complexity index is 1040. The monoisotopic (exact) mass is 390 g/mol. The molecule has 6 nitrogen and oxygen atoms in total. The van der Waals surface area contributed by atoms with Crippen LogP contribution in [0.25, 0.3) is 16.9 Å². The SMILES string of the molecule is COc1ccc(-c2nc3ccccn3c2CN2CC[C@@H]3CC(=O)N(C)[C@@H]3C2)cc1. The lowest BCUT2D eigenvalue weighted by molar-refractivity contribution is -0.127. The van der Waals surface area contributed by atoms with Crippen LogP contribution in [-0.2, 0) is 11.3 Å². The number of pyridine rings is 1. The van der Waals surface area contributed by atoms with Crippen LogP contribution in [0.3, 0.4) is 0 Å². The number of nitrogens with zero attached hydrogens (tertiary/aromatic N) is 4. The van der Waals surface area contributed by atoms with Crippen LogP contribution in [0.2, 0.25) is 0 Å². The van der Waals surface area contributed by atoms with Crippen molar-refractivity contribution in [2.24, 2.45) is 5.92 Å². The number of aromatic nitrogens is 2. The molecule has 0 saturated carbocycles. The molecule has 0 spiro atoms. The van der Waals surface area contributed by atoms with E-state index in [-0.39, 0.29) is 5.91 Å². The van der Waals surface area contributed by atoms with Gasteiger partial charge < -0.3 is 14.0 Å². The van der Waals surface area contributed by atoms with E-state index in [1.807, 2.05) is 42.3 Å². The minimum atomic E-state index is 0.288. The van der Waals surface area contributed by atoms with Crippen LogP contribution in [0.4, 0.5) is 0 Å². The minimum Gasteiger partial charge on any atom is -0.497 e. The molecule has 1 amide bonds. The third-order valence-electron chi connectivity index (χ3n) is 6.50. The number of benzene rings is 1. The van der Waals surface area contributed by atoms with E-state index >= 15 is 0 Å². The third-order valence-corrected chi connectivity index (χ3v) is 6.50. The zero-order valence-corrected chi connectivity index (χ0v) is 16.9.